The van der Waals surface area contributed by atoms with Crippen molar-refractivity contribution in [3.05, 3.63) is 126 Å². The van der Waals surface area contributed by atoms with Crippen LogP contribution >= 0.6 is 0 Å². The average molecular weight is 584 g/mol. The summed E-state index contributed by atoms with van der Waals surface area (Å²) in [5.74, 6) is 0.0659. The SMILES string of the molecule is Cc1cc[c-](C)c1C.Cc1cc[c-](C)c1C.O=[N+]([O-])c1ccc(O)cc1.O=[N+]([O-])c1ccc(O)cc1.[Zr+2]. The quantitative estimate of drug-likeness (QED) is 0.145. The number of nitrogens with zero attached hydrogens (tertiary/aromatic N) is 2. The molecule has 0 radical (unpaired) electrons. The van der Waals surface area contributed by atoms with Crippen LogP contribution in [0.15, 0.2) is 72.8 Å². The van der Waals surface area contributed by atoms with E-state index in [1.54, 1.807) is 0 Å². The van der Waals surface area contributed by atoms with Crippen LogP contribution in [0.4, 0.5) is 11.4 Å². The monoisotopic (exact) mass is 582 g/mol. The van der Waals surface area contributed by atoms with Gasteiger partial charge in [0.05, 0.1) is 9.85 Å². The van der Waals surface area contributed by atoms with Gasteiger partial charge in [-0.2, -0.15) is 45.5 Å². The second-order valence-electron chi connectivity index (χ2n) is 8.20. The van der Waals surface area contributed by atoms with Crippen molar-refractivity contribution in [1.82, 2.24) is 0 Å². The van der Waals surface area contributed by atoms with Crippen molar-refractivity contribution in [2.45, 2.75) is 41.5 Å². The molecule has 0 aromatic heterocycles. The molecule has 2 N–H and O–H groups in total. The van der Waals surface area contributed by atoms with Gasteiger partial charge in [0.25, 0.3) is 11.4 Å². The third-order valence-corrected chi connectivity index (χ3v) is 5.65. The van der Waals surface area contributed by atoms with Crippen LogP contribution in [-0.4, -0.2) is 20.1 Å². The minimum atomic E-state index is -0.514. The van der Waals surface area contributed by atoms with E-state index in [4.69, 9.17) is 10.2 Å². The van der Waals surface area contributed by atoms with Gasteiger partial charge in [0.15, 0.2) is 0 Å². The van der Waals surface area contributed by atoms with Gasteiger partial charge < -0.3 is 10.2 Å². The van der Waals surface area contributed by atoms with Gasteiger partial charge in [-0.25, -0.2) is 12.1 Å². The zero-order valence-electron chi connectivity index (χ0n) is 21.9. The number of rotatable bonds is 2. The Morgan fingerprint density at radius 3 is 1.00 bits per heavy atom. The van der Waals surface area contributed by atoms with Gasteiger partial charge in [-0.15, -0.1) is 0 Å². The summed E-state index contributed by atoms with van der Waals surface area (Å²) in [4.78, 5) is 19.0. The van der Waals surface area contributed by atoms with Gasteiger partial charge in [-0.05, 0) is 24.3 Å². The van der Waals surface area contributed by atoms with Gasteiger partial charge in [0.1, 0.15) is 11.5 Å². The van der Waals surface area contributed by atoms with Crippen LogP contribution in [-0.2, 0) is 26.2 Å². The number of aryl methyl sites for hydroxylation is 4. The predicted octanol–water partition coefficient (Wildman–Crippen LogP) is 7.26. The van der Waals surface area contributed by atoms with Crippen molar-refractivity contribution >= 4 is 11.4 Å². The van der Waals surface area contributed by atoms with Crippen LogP contribution in [0.2, 0.25) is 0 Å². The van der Waals surface area contributed by atoms with Crippen molar-refractivity contribution < 1.29 is 46.3 Å². The Balaban J connectivity index is 0.000000465. The number of nitro benzene ring substituents is 2. The van der Waals surface area contributed by atoms with Crippen molar-refractivity contribution in [2.24, 2.45) is 0 Å². The molecule has 194 valence electrons. The maximum absolute atomic E-state index is 10.0. The molecule has 0 aliphatic rings. The minimum Gasteiger partial charge on any atom is -0.508 e. The Morgan fingerprint density at radius 1 is 0.595 bits per heavy atom. The molecule has 9 heteroatoms. The van der Waals surface area contributed by atoms with Crippen LogP contribution in [0.5, 0.6) is 11.5 Å². The average Bonchev–Trinajstić information content (AvgIpc) is 3.30. The number of nitro groups is 2. The summed E-state index contributed by atoms with van der Waals surface area (Å²) in [6, 6.07) is 18.7. The summed E-state index contributed by atoms with van der Waals surface area (Å²) in [7, 11) is 0. The Bertz CT molecular complexity index is 1120. The number of benzene rings is 2. The molecule has 0 saturated carbocycles. The van der Waals surface area contributed by atoms with E-state index in [0.717, 1.165) is 0 Å². The molecule has 0 heterocycles. The van der Waals surface area contributed by atoms with Gasteiger partial charge in [-0.3, -0.25) is 20.2 Å². The molecule has 0 fully saturated rings. The summed E-state index contributed by atoms with van der Waals surface area (Å²) in [6.45, 7) is 12.9. The molecular formula is C28H32N2O6Zr. The first kappa shape index (κ1) is 33.4. The number of phenolic OH excluding ortho intramolecular Hbond substituents is 2. The maximum atomic E-state index is 10.0. The molecule has 0 saturated heterocycles. The molecule has 0 unspecified atom stereocenters. The zero-order chi connectivity index (χ0) is 27.4. The van der Waals surface area contributed by atoms with E-state index in [1.165, 1.54) is 81.9 Å². The second kappa shape index (κ2) is 16.2. The first-order valence-corrected chi connectivity index (χ1v) is 11.1. The van der Waals surface area contributed by atoms with Crippen LogP contribution in [0.3, 0.4) is 0 Å². The maximum Gasteiger partial charge on any atom is 2.00 e. The van der Waals surface area contributed by atoms with Gasteiger partial charge in [0.2, 0.25) is 0 Å². The molecule has 0 bridgehead atoms. The standard InChI is InChI=1S/2C8H11.2C6H5NO3.Zr/c2*1-6-4-5-7(2)8(6)3;2*8-6-3-1-5(2-4-6)7(9)10;/h2*4-5H,1-3H3;2*1-4,8H;/q2*-1;;;+2. The minimum absolute atomic E-state index is 0. The molecule has 8 nitrogen and oxygen atoms in total. The number of hydrogen-bond donors (Lipinski definition) is 2. The molecule has 4 aromatic carbocycles. The van der Waals surface area contributed by atoms with Crippen LogP contribution in [0, 0.1) is 61.8 Å². The zero-order valence-corrected chi connectivity index (χ0v) is 24.3. The summed E-state index contributed by atoms with van der Waals surface area (Å²) in [5, 5.41) is 37.5. The normalized spacial score (nSPS) is 9.24. The van der Waals surface area contributed by atoms with Crippen molar-refractivity contribution in [3.63, 3.8) is 0 Å². The number of non-ortho nitro benzene ring substituents is 2. The molecule has 0 aliphatic heterocycles. The third-order valence-electron chi connectivity index (χ3n) is 5.65. The fraction of sp³-hybridized carbons (Fsp3) is 0.214. The van der Waals surface area contributed by atoms with Gasteiger partial charge >= 0.3 is 26.2 Å². The predicted molar refractivity (Wildman–Crippen MR) is 142 cm³/mol. The van der Waals surface area contributed by atoms with E-state index in [-0.39, 0.29) is 49.1 Å². The molecule has 0 amide bonds. The number of aromatic hydroxyl groups is 2. The van der Waals surface area contributed by atoms with Gasteiger partial charge in [0, 0.05) is 24.3 Å². The fourth-order valence-corrected chi connectivity index (χ4v) is 2.77. The van der Waals surface area contributed by atoms with E-state index >= 15 is 0 Å². The summed E-state index contributed by atoms with van der Waals surface area (Å²) in [6.07, 6.45) is 0. The van der Waals surface area contributed by atoms with E-state index < -0.39 is 9.85 Å². The Morgan fingerprint density at radius 2 is 0.865 bits per heavy atom. The molecular weight excluding hydrogens is 552 g/mol. The molecule has 0 aliphatic carbocycles. The molecule has 4 rings (SSSR count). The molecule has 4 aromatic rings. The first-order valence-electron chi connectivity index (χ1n) is 11.1. The Labute approximate surface area is 236 Å². The molecule has 0 atom stereocenters. The summed E-state index contributed by atoms with van der Waals surface area (Å²) in [5.41, 5.74) is 8.46. The third kappa shape index (κ3) is 11.8. The smallest absolute Gasteiger partial charge is 0.508 e. The Hall–Kier alpha value is -3.58. The van der Waals surface area contributed by atoms with E-state index in [9.17, 15) is 20.2 Å². The first-order chi connectivity index (χ1) is 16.8. The summed E-state index contributed by atoms with van der Waals surface area (Å²) >= 11 is 0. The fourth-order valence-electron chi connectivity index (χ4n) is 2.77. The topological polar surface area (TPSA) is 127 Å². The van der Waals surface area contributed by atoms with E-state index in [0.29, 0.717) is 0 Å². The Kier molecular flexibility index (Phi) is 14.7. The van der Waals surface area contributed by atoms with Crippen LogP contribution in [0.25, 0.3) is 0 Å². The molecule has 37 heavy (non-hydrogen) atoms. The largest absolute Gasteiger partial charge is 2.00 e. The van der Waals surface area contributed by atoms with Crippen molar-refractivity contribution in [2.75, 3.05) is 0 Å². The van der Waals surface area contributed by atoms with E-state index in [2.05, 4.69) is 65.8 Å². The number of phenols is 2. The van der Waals surface area contributed by atoms with Crippen LogP contribution in [0.1, 0.15) is 33.4 Å². The van der Waals surface area contributed by atoms with Crippen LogP contribution < -0.4 is 0 Å². The second-order valence-corrected chi connectivity index (χ2v) is 8.20. The van der Waals surface area contributed by atoms with Gasteiger partial charge in [-0.1, -0.05) is 41.5 Å². The van der Waals surface area contributed by atoms with E-state index in [1.807, 2.05) is 0 Å². The number of hydrogen-bond acceptors (Lipinski definition) is 6. The molecule has 0 spiro atoms. The van der Waals surface area contributed by atoms with Crippen molar-refractivity contribution in [1.29, 1.82) is 0 Å². The summed E-state index contributed by atoms with van der Waals surface area (Å²) < 4.78 is 0. The van der Waals surface area contributed by atoms with Crippen molar-refractivity contribution in [3.8, 4) is 11.5 Å².